The molecule has 1 unspecified atom stereocenters. The molecule has 3 heteroatoms. The van der Waals surface area contributed by atoms with Crippen molar-refractivity contribution in [3.05, 3.63) is 41.2 Å². The molecule has 16 heavy (non-hydrogen) atoms. The minimum absolute atomic E-state index is 0.172. The van der Waals surface area contributed by atoms with Gasteiger partial charge in [0.25, 0.3) is 0 Å². The Morgan fingerprint density at radius 1 is 1.56 bits per heavy atom. The van der Waals surface area contributed by atoms with Crippen molar-refractivity contribution in [1.82, 2.24) is 0 Å². The van der Waals surface area contributed by atoms with Crippen LogP contribution in [-0.2, 0) is 11.2 Å². The highest BCUT2D eigenvalue weighted by atomic mass is 19.1. The van der Waals surface area contributed by atoms with Crippen LogP contribution < -0.4 is 0 Å². The number of aliphatic carboxylic acids is 1. The first kappa shape index (κ1) is 10.9. The second kappa shape index (κ2) is 4.08. The molecule has 0 aromatic heterocycles. The molecule has 0 heterocycles. The Kier molecular flexibility index (Phi) is 2.77. The smallest absolute Gasteiger partial charge is 0.328 e. The summed E-state index contributed by atoms with van der Waals surface area (Å²) in [6, 6.07) is 4.60. The highest BCUT2D eigenvalue weighted by molar-refractivity contribution is 5.91. The number of hydrogen-bond acceptors (Lipinski definition) is 1. The zero-order chi connectivity index (χ0) is 11.7. The fourth-order valence-electron chi connectivity index (χ4n) is 2.18. The Labute approximate surface area is 93.4 Å². The number of carbonyl (C=O) groups is 1. The standard InChI is InChI=1S/C13H13FO2/c1-8-2-3-9-4-5-10(14)6-12(9)11(8)7-13(15)16/h4-8H,2-3H2,1H3,(H,15,16)/b11-7+. The summed E-state index contributed by atoms with van der Waals surface area (Å²) in [5, 5.41) is 8.81. The van der Waals surface area contributed by atoms with Gasteiger partial charge in [-0.25, -0.2) is 9.18 Å². The van der Waals surface area contributed by atoms with Crippen LogP contribution in [0.4, 0.5) is 4.39 Å². The molecule has 0 amide bonds. The van der Waals surface area contributed by atoms with E-state index in [1.54, 1.807) is 6.07 Å². The molecule has 1 aliphatic rings. The minimum Gasteiger partial charge on any atom is -0.478 e. The molecular formula is C13H13FO2. The monoisotopic (exact) mass is 220 g/mol. The van der Waals surface area contributed by atoms with E-state index in [0.29, 0.717) is 0 Å². The van der Waals surface area contributed by atoms with E-state index >= 15 is 0 Å². The lowest BCUT2D eigenvalue weighted by molar-refractivity contribution is -0.131. The van der Waals surface area contributed by atoms with Gasteiger partial charge in [0, 0.05) is 6.08 Å². The van der Waals surface area contributed by atoms with Crippen LogP contribution in [0.1, 0.15) is 24.5 Å². The van der Waals surface area contributed by atoms with Crippen molar-refractivity contribution in [3.63, 3.8) is 0 Å². The number of carboxylic acid groups (broad SMARTS) is 1. The Bertz CT molecular complexity index is 463. The lowest BCUT2D eigenvalue weighted by atomic mass is 9.80. The van der Waals surface area contributed by atoms with Gasteiger partial charge < -0.3 is 5.11 Å². The van der Waals surface area contributed by atoms with Gasteiger partial charge in [-0.1, -0.05) is 13.0 Å². The maximum absolute atomic E-state index is 13.2. The van der Waals surface area contributed by atoms with Gasteiger partial charge in [-0.05, 0) is 47.6 Å². The van der Waals surface area contributed by atoms with Gasteiger partial charge in [0.05, 0.1) is 0 Å². The van der Waals surface area contributed by atoms with E-state index in [2.05, 4.69) is 0 Å². The van der Waals surface area contributed by atoms with Crippen LogP contribution in [0.5, 0.6) is 0 Å². The summed E-state index contributed by atoms with van der Waals surface area (Å²) in [6.07, 6.45) is 2.99. The van der Waals surface area contributed by atoms with Crippen LogP contribution >= 0.6 is 0 Å². The van der Waals surface area contributed by atoms with Crippen LogP contribution in [0, 0.1) is 11.7 Å². The Morgan fingerprint density at radius 3 is 3.00 bits per heavy atom. The molecule has 0 bridgehead atoms. The number of fused-ring (bicyclic) bond motifs is 1. The molecule has 2 rings (SSSR count). The number of benzene rings is 1. The van der Waals surface area contributed by atoms with Crippen molar-refractivity contribution in [1.29, 1.82) is 0 Å². The van der Waals surface area contributed by atoms with Crippen LogP contribution in [0.25, 0.3) is 5.57 Å². The first-order valence-electron chi connectivity index (χ1n) is 5.31. The van der Waals surface area contributed by atoms with Crippen LogP contribution in [0.15, 0.2) is 24.3 Å². The van der Waals surface area contributed by atoms with Gasteiger partial charge in [-0.2, -0.15) is 0 Å². The largest absolute Gasteiger partial charge is 0.478 e. The zero-order valence-corrected chi connectivity index (χ0v) is 9.03. The molecule has 1 aliphatic carbocycles. The molecule has 0 spiro atoms. The molecule has 0 radical (unpaired) electrons. The first-order valence-corrected chi connectivity index (χ1v) is 5.31. The summed E-state index contributed by atoms with van der Waals surface area (Å²) in [5.74, 6) is -1.12. The molecule has 1 aromatic rings. The van der Waals surface area contributed by atoms with Gasteiger partial charge in [-0.3, -0.25) is 0 Å². The number of rotatable bonds is 1. The third-order valence-electron chi connectivity index (χ3n) is 3.04. The molecule has 0 fully saturated rings. The molecule has 1 atom stereocenters. The Morgan fingerprint density at radius 2 is 2.31 bits per heavy atom. The summed E-state index contributed by atoms with van der Waals surface area (Å²) in [5.41, 5.74) is 2.52. The second-order valence-corrected chi connectivity index (χ2v) is 4.18. The van der Waals surface area contributed by atoms with E-state index < -0.39 is 5.97 Å². The van der Waals surface area contributed by atoms with Crippen LogP contribution in [-0.4, -0.2) is 11.1 Å². The van der Waals surface area contributed by atoms with Gasteiger partial charge in [0.1, 0.15) is 5.82 Å². The molecule has 1 N–H and O–H groups in total. The summed E-state index contributed by atoms with van der Waals surface area (Å²) in [4.78, 5) is 10.7. The van der Waals surface area contributed by atoms with E-state index in [-0.39, 0.29) is 11.7 Å². The molecule has 2 nitrogen and oxygen atoms in total. The fourth-order valence-corrected chi connectivity index (χ4v) is 2.18. The molecule has 0 aliphatic heterocycles. The van der Waals surface area contributed by atoms with Gasteiger partial charge in [0.15, 0.2) is 0 Å². The average molecular weight is 220 g/mol. The molecule has 1 aromatic carbocycles. The van der Waals surface area contributed by atoms with Crippen molar-refractivity contribution < 1.29 is 14.3 Å². The second-order valence-electron chi connectivity index (χ2n) is 4.18. The molecular weight excluding hydrogens is 207 g/mol. The van der Waals surface area contributed by atoms with E-state index in [9.17, 15) is 9.18 Å². The predicted octanol–water partition coefficient (Wildman–Crippen LogP) is 2.88. The van der Waals surface area contributed by atoms with E-state index in [1.807, 2.05) is 6.92 Å². The summed E-state index contributed by atoms with van der Waals surface area (Å²) in [6.45, 7) is 1.97. The van der Waals surface area contributed by atoms with Crippen molar-refractivity contribution in [2.75, 3.05) is 0 Å². The van der Waals surface area contributed by atoms with E-state index in [0.717, 1.165) is 29.5 Å². The number of halogens is 1. The third kappa shape index (κ3) is 1.98. The van der Waals surface area contributed by atoms with Crippen LogP contribution in [0.2, 0.25) is 0 Å². The summed E-state index contributed by atoms with van der Waals surface area (Å²) in [7, 11) is 0. The van der Waals surface area contributed by atoms with Crippen molar-refractivity contribution >= 4 is 11.5 Å². The SMILES string of the molecule is CC1CCc2ccc(F)cc2/C1=C/C(=O)O. The van der Waals surface area contributed by atoms with Gasteiger partial charge >= 0.3 is 5.97 Å². The maximum Gasteiger partial charge on any atom is 0.328 e. The van der Waals surface area contributed by atoms with Crippen molar-refractivity contribution in [2.45, 2.75) is 19.8 Å². The quantitative estimate of drug-likeness (QED) is 0.739. The fraction of sp³-hybridized carbons (Fsp3) is 0.308. The summed E-state index contributed by atoms with van der Waals surface area (Å²) < 4.78 is 13.2. The van der Waals surface area contributed by atoms with E-state index in [1.165, 1.54) is 18.2 Å². The average Bonchev–Trinajstić information content (AvgIpc) is 2.22. The highest BCUT2D eigenvalue weighted by Crippen LogP contribution is 2.35. The number of allylic oxidation sites excluding steroid dienone is 1. The summed E-state index contributed by atoms with van der Waals surface area (Å²) >= 11 is 0. The maximum atomic E-state index is 13.2. The van der Waals surface area contributed by atoms with Crippen LogP contribution in [0.3, 0.4) is 0 Å². The number of carboxylic acids is 1. The highest BCUT2D eigenvalue weighted by Gasteiger charge is 2.21. The lowest BCUT2D eigenvalue weighted by Crippen LogP contribution is -2.12. The molecule has 0 saturated carbocycles. The van der Waals surface area contributed by atoms with Gasteiger partial charge in [-0.15, -0.1) is 0 Å². The molecule has 84 valence electrons. The number of hydrogen-bond donors (Lipinski definition) is 1. The Hall–Kier alpha value is -1.64. The zero-order valence-electron chi connectivity index (χ0n) is 9.03. The normalized spacial score (nSPS) is 21.9. The topological polar surface area (TPSA) is 37.3 Å². The number of aryl methyl sites for hydroxylation is 1. The minimum atomic E-state index is -0.973. The first-order chi connectivity index (χ1) is 7.58. The molecule has 0 saturated heterocycles. The third-order valence-corrected chi connectivity index (χ3v) is 3.04. The van der Waals surface area contributed by atoms with E-state index in [4.69, 9.17) is 5.11 Å². The lowest BCUT2D eigenvalue weighted by Gasteiger charge is -2.24. The van der Waals surface area contributed by atoms with Crippen molar-refractivity contribution in [3.8, 4) is 0 Å². The Balaban J connectivity index is 2.55. The van der Waals surface area contributed by atoms with Crippen molar-refractivity contribution in [2.24, 2.45) is 5.92 Å². The predicted molar refractivity (Wildman–Crippen MR) is 59.5 cm³/mol. The van der Waals surface area contributed by atoms with Gasteiger partial charge in [0.2, 0.25) is 0 Å².